The molecule has 1 unspecified atom stereocenters. The Bertz CT molecular complexity index is 889. The predicted octanol–water partition coefficient (Wildman–Crippen LogP) is 2.86. The third-order valence-corrected chi connectivity index (χ3v) is 7.68. The van der Waals surface area contributed by atoms with Crippen LogP contribution in [0.25, 0.3) is 0 Å². The van der Waals surface area contributed by atoms with E-state index < -0.39 is 7.92 Å². The zero-order chi connectivity index (χ0) is 17.8. The maximum atomic E-state index is 3.55. The molecule has 27 heavy (non-hydrogen) atoms. The van der Waals surface area contributed by atoms with E-state index in [-0.39, 0.29) is 18.9 Å². The van der Waals surface area contributed by atoms with Crippen LogP contribution in [0.15, 0.2) is 103 Å². The second-order valence-electron chi connectivity index (χ2n) is 6.58. The Morgan fingerprint density at radius 1 is 0.778 bits per heavy atom. The standard InChI is InChI=1S/C25H22P.Li/c1-20-12-8-11-19-24(20)25(21-13-9-10-14-21)26(22-15-4-2-5-16-22)23-17-6-3-7-18-23;/h2-12,15-19,25H,13H2,1H3;/q-1;+1. The molecule has 0 heterocycles. The molecule has 128 valence electrons. The van der Waals surface area contributed by atoms with E-state index in [1.807, 2.05) is 0 Å². The van der Waals surface area contributed by atoms with Gasteiger partial charge in [0.1, 0.15) is 0 Å². The second-order valence-corrected chi connectivity index (χ2v) is 8.87. The molecule has 0 saturated heterocycles. The first-order valence-electron chi connectivity index (χ1n) is 9.07. The molecule has 0 amide bonds. The molecule has 0 saturated carbocycles. The van der Waals surface area contributed by atoms with Crippen LogP contribution in [0.2, 0.25) is 0 Å². The van der Waals surface area contributed by atoms with Crippen molar-refractivity contribution in [2.75, 3.05) is 0 Å². The summed E-state index contributed by atoms with van der Waals surface area (Å²) in [5.41, 5.74) is 4.54. The van der Waals surface area contributed by atoms with Crippen molar-refractivity contribution < 1.29 is 18.9 Å². The summed E-state index contributed by atoms with van der Waals surface area (Å²) < 4.78 is 0. The largest absolute Gasteiger partial charge is 1.00 e. The van der Waals surface area contributed by atoms with Crippen LogP contribution in [0, 0.1) is 13.0 Å². The minimum atomic E-state index is -0.557. The summed E-state index contributed by atoms with van der Waals surface area (Å²) in [4.78, 5) is 0. The first kappa shape index (κ1) is 19.9. The van der Waals surface area contributed by atoms with E-state index in [1.165, 1.54) is 27.3 Å². The van der Waals surface area contributed by atoms with Gasteiger partial charge >= 0.3 is 18.9 Å². The molecule has 3 aromatic carbocycles. The molecule has 0 nitrogen and oxygen atoms in total. The Labute approximate surface area is 176 Å². The second kappa shape index (κ2) is 9.39. The van der Waals surface area contributed by atoms with E-state index in [2.05, 4.69) is 110 Å². The Morgan fingerprint density at radius 3 is 1.85 bits per heavy atom. The molecule has 0 N–H and O–H groups in total. The normalized spacial score (nSPS) is 13.9. The number of hydrogen-bond donors (Lipinski definition) is 0. The zero-order valence-electron chi connectivity index (χ0n) is 16.0. The first-order valence-corrected chi connectivity index (χ1v) is 10.5. The van der Waals surface area contributed by atoms with Crippen molar-refractivity contribution >= 4 is 18.5 Å². The minimum Gasteiger partial charge on any atom is -0.252 e. The maximum absolute atomic E-state index is 3.55. The molecule has 0 fully saturated rings. The SMILES string of the molecule is Cc1ccccc1C(C1=[C-]C=CC1)P(c1ccccc1)c1ccccc1.[Li+]. The van der Waals surface area contributed by atoms with Gasteiger partial charge in [-0.1, -0.05) is 91.3 Å². The van der Waals surface area contributed by atoms with Gasteiger partial charge in [0, 0.05) is 5.66 Å². The molecular weight excluding hydrogens is 338 g/mol. The van der Waals surface area contributed by atoms with E-state index in [4.69, 9.17) is 0 Å². The predicted molar refractivity (Wildman–Crippen MR) is 114 cm³/mol. The summed E-state index contributed by atoms with van der Waals surface area (Å²) in [7, 11) is -0.557. The van der Waals surface area contributed by atoms with E-state index in [0.717, 1.165) is 6.42 Å². The van der Waals surface area contributed by atoms with E-state index in [0.29, 0.717) is 5.66 Å². The fraction of sp³-hybridized carbons (Fsp3) is 0.120. The fourth-order valence-corrected chi connectivity index (χ4v) is 6.54. The summed E-state index contributed by atoms with van der Waals surface area (Å²) in [5, 5.41) is 2.84. The molecular formula is C25H22LiP. The quantitative estimate of drug-likeness (QED) is 0.373. The number of benzene rings is 3. The zero-order valence-corrected chi connectivity index (χ0v) is 16.9. The van der Waals surface area contributed by atoms with Crippen molar-refractivity contribution in [2.24, 2.45) is 0 Å². The van der Waals surface area contributed by atoms with Gasteiger partial charge in [0.2, 0.25) is 0 Å². The molecule has 0 aromatic heterocycles. The summed E-state index contributed by atoms with van der Waals surface area (Å²) in [6.45, 7) is 2.23. The molecule has 0 aliphatic heterocycles. The molecule has 1 aliphatic carbocycles. The van der Waals surface area contributed by atoms with Gasteiger partial charge in [0.25, 0.3) is 0 Å². The van der Waals surface area contributed by atoms with Gasteiger partial charge in [-0.3, -0.25) is 6.08 Å². The van der Waals surface area contributed by atoms with Gasteiger partial charge in [-0.15, -0.1) is 0 Å². The number of hydrogen-bond acceptors (Lipinski definition) is 0. The van der Waals surface area contributed by atoms with Gasteiger partial charge in [0.15, 0.2) is 0 Å². The average Bonchev–Trinajstić information content (AvgIpc) is 3.22. The maximum Gasteiger partial charge on any atom is 1.00 e. The van der Waals surface area contributed by atoms with Gasteiger partial charge in [-0.25, -0.2) is 12.2 Å². The minimum absolute atomic E-state index is 0. The van der Waals surface area contributed by atoms with Gasteiger partial charge in [-0.05, 0) is 36.6 Å². The third-order valence-electron chi connectivity index (χ3n) is 4.86. The molecule has 1 aliphatic rings. The summed E-state index contributed by atoms with van der Waals surface area (Å²) in [6, 6.07) is 30.8. The van der Waals surface area contributed by atoms with Crippen LogP contribution in [-0.4, -0.2) is 0 Å². The number of allylic oxidation sites excluding steroid dienone is 4. The Kier molecular flexibility index (Phi) is 6.93. The molecule has 0 bridgehead atoms. The number of rotatable bonds is 5. The van der Waals surface area contributed by atoms with Crippen molar-refractivity contribution in [2.45, 2.75) is 19.0 Å². The average molecular weight is 360 g/mol. The van der Waals surface area contributed by atoms with E-state index in [1.54, 1.807) is 0 Å². The molecule has 0 spiro atoms. The Hall–Kier alpha value is -1.83. The monoisotopic (exact) mass is 360 g/mol. The summed E-state index contributed by atoms with van der Waals surface area (Å²) >= 11 is 0. The van der Waals surface area contributed by atoms with Crippen molar-refractivity contribution in [3.8, 4) is 0 Å². The Morgan fingerprint density at radius 2 is 1.33 bits per heavy atom. The molecule has 0 radical (unpaired) electrons. The molecule has 3 aromatic rings. The number of aryl methyl sites for hydroxylation is 1. The van der Waals surface area contributed by atoms with Crippen LogP contribution in [0.3, 0.4) is 0 Å². The summed E-state index contributed by atoms with van der Waals surface area (Å²) in [5.74, 6) is 0. The smallest absolute Gasteiger partial charge is 0.252 e. The first-order chi connectivity index (χ1) is 12.8. The van der Waals surface area contributed by atoms with Crippen LogP contribution in [0.1, 0.15) is 23.2 Å². The topological polar surface area (TPSA) is 0 Å². The van der Waals surface area contributed by atoms with E-state index in [9.17, 15) is 0 Å². The van der Waals surface area contributed by atoms with Gasteiger partial charge in [0.05, 0.1) is 0 Å². The van der Waals surface area contributed by atoms with Gasteiger partial charge < -0.3 is 0 Å². The van der Waals surface area contributed by atoms with Crippen molar-refractivity contribution in [3.63, 3.8) is 0 Å². The van der Waals surface area contributed by atoms with Gasteiger partial charge in [-0.2, -0.15) is 5.57 Å². The molecule has 1 atom stereocenters. The fourth-order valence-electron chi connectivity index (χ4n) is 3.60. The third kappa shape index (κ3) is 4.36. The van der Waals surface area contributed by atoms with Crippen LogP contribution in [0.5, 0.6) is 0 Å². The van der Waals surface area contributed by atoms with Crippen LogP contribution >= 0.6 is 7.92 Å². The van der Waals surface area contributed by atoms with Crippen molar-refractivity contribution in [1.82, 2.24) is 0 Å². The van der Waals surface area contributed by atoms with Crippen molar-refractivity contribution in [1.29, 1.82) is 0 Å². The van der Waals surface area contributed by atoms with Crippen LogP contribution < -0.4 is 29.5 Å². The van der Waals surface area contributed by atoms with Crippen LogP contribution in [-0.2, 0) is 0 Å². The van der Waals surface area contributed by atoms with Crippen molar-refractivity contribution in [3.05, 3.63) is 120 Å². The molecule has 4 rings (SSSR count). The van der Waals surface area contributed by atoms with E-state index >= 15 is 0 Å². The van der Waals surface area contributed by atoms with Crippen LogP contribution in [0.4, 0.5) is 0 Å². The molecule has 2 heteroatoms. The summed E-state index contributed by atoms with van der Waals surface area (Å²) in [6.07, 6.45) is 8.87. The Balaban J connectivity index is 0.00000210.